The van der Waals surface area contributed by atoms with E-state index in [1.807, 2.05) is 0 Å². The van der Waals surface area contributed by atoms with Crippen molar-refractivity contribution in [3.63, 3.8) is 0 Å². The second kappa shape index (κ2) is 9.12. The van der Waals surface area contributed by atoms with Crippen molar-refractivity contribution in [2.45, 2.75) is 38.8 Å². The van der Waals surface area contributed by atoms with Crippen molar-refractivity contribution in [3.8, 4) is 5.75 Å². The van der Waals surface area contributed by atoms with Gasteiger partial charge in [0.2, 0.25) is 0 Å². The molecule has 0 bridgehead atoms. The first-order chi connectivity index (χ1) is 11.2. The molecule has 0 aliphatic rings. The predicted molar refractivity (Wildman–Crippen MR) is 88.3 cm³/mol. The number of carbonyl (C=O) groups excluding carboxylic acids is 1. The van der Waals surface area contributed by atoms with Crippen LogP contribution in [-0.4, -0.2) is 49.1 Å². The average molecular weight is 339 g/mol. The van der Waals surface area contributed by atoms with Gasteiger partial charge in [0.1, 0.15) is 24.0 Å². The molecule has 0 aliphatic heterocycles. The lowest BCUT2D eigenvalue weighted by Crippen LogP contribution is -2.44. The molecule has 0 saturated heterocycles. The van der Waals surface area contributed by atoms with E-state index in [9.17, 15) is 14.7 Å². The number of benzene rings is 1. The lowest BCUT2D eigenvalue weighted by atomic mass is 10.1. The van der Waals surface area contributed by atoms with Crippen LogP contribution in [0.1, 0.15) is 26.3 Å². The number of alkyl carbamates (subject to hydrolysis) is 1. The fourth-order valence-corrected chi connectivity index (χ4v) is 1.89. The van der Waals surface area contributed by atoms with E-state index in [0.717, 1.165) is 5.56 Å². The molecule has 1 aromatic rings. The van der Waals surface area contributed by atoms with Gasteiger partial charge in [0.25, 0.3) is 0 Å². The fraction of sp³-hybridized carbons (Fsp3) is 0.529. The van der Waals surface area contributed by atoms with Crippen molar-refractivity contribution in [2.24, 2.45) is 0 Å². The van der Waals surface area contributed by atoms with Crippen molar-refractivity contribution in [1.82, 2.24) is 5.32 Å². The Bertz CT molecular complexity index is 552. The summed E-state index contributed by atoms with van der Waals surface area (Å²) in [6.07, 6.45) is -0.641. The molecule has 7 nitrogen and oxygen atoms in total. The highest BCUT2D eigenvalue weighted by Crippen LogP contribution is 2.15. The van der Waals surface area contributed by atoms with Crippen molar-refractivity contribution in [1.29, 1.82) is 0 Å². The van der Waals surface area contributed by atoms with Crippen LogP contribution in [0.25, 0.3) is 0 Å². The number of aliphatic carboxylic acids is 1. The van der Waals surface area contributed by atoms with Gasteiger partial charge in [0, 0.05) is 13.5 Å². The molecule has 1 atom stereocenters. The summed E-state index contributed by atoms with van der Waals surface area (Å²) in [6, 6.07) is 5.97. The van der Waals surface area contributed by atoms with Crippen LogP contribution in [0.5, 0.6) is 5.75 Å². The van der Waals surface area contributed by atoms with E-state index in [-0.39, 0.29) is 6.42 Å². The van der Waals surface area contributed by atoms with E-state index in [1.54, 1.807) is 52.1 Å². The Labute approximate surface area is 141 Å². The van der Waals surface area contributed by atoms with Crippen LogP contribution in [0.3, 0.4) is 0 Å². The maximum absolute atomic E-state index is 11.8. The van der Waals surface area contributed by atoms with Gasteiger partial charge < -0.3 is 24.6 Å². The Morgan fingerprint density at radius 3 is 2.54 bits per heavy atom. The van der Waals surface area contributed by atoms with Gasteiger partial charge in [-0.2, -0.15) is 0 Å². The molecule has 2 N–H and O–H groups in total. The summed E-state index contributed by atoms with van der Waals surface area (Å²) in [4.78, 5) is 23.2. The summed E-state index contributed by atoms with van der Waals surface area (Å²) in [7, 11) is 1.58. The van der Waals surface area contributed by atoms with Crippen LogP contribution in [0, 0.1) is 0 Å². The fourth-order valence-electron chi connectivity index (χ4n) is 1.89. The number of carboxylic acids is 1. The highest BCUT2D eigenvalue weighted by atomic mass is 16.6. The molecule has 0 heterocycles. The van der Waals surface area contributed by atoms with Crippen molar-refractivity contribution in [3.05, 3.63) is 29.8 Å². The number of ether oxygens (including phenoxy) is 3. The van der Waals surface area contributed by atoms with Crippen LogP contribution < -0.4 is 10.1 Å². The molecule has 0 spiro atoms. The normalized spacial score (nSPS) is 12.3. The summed E-state index contributed by atoms with van der Waals surface area (Å²) in [5.41, 5.74) is 0.0378. The predicted octanol–water partition coefficient (Wildman–Crippen LogP) is 2.23. The molecular weight excluding hydrogens is 314 g/mol. The van der Waals surface area contributed by atoms with Crippen LogP contribution >= 0.6 is 0 Å². The first-order valence-corrected chi connectivity index (χ1v) is 7.64. The highest BCUT2D eigenvalue weighted by molar-refractivity contribution is 5.80. The number of nitrogens with one attached hydrogen (secondary N) is 1. The molecule has 1 rings (SSSR count). The van der Waals surface area contributed by atoms with Gasteiger partial charge in [-0.25, -0.2) is 9.59 Å². The highest BCUT2D eigenvalue weighted by Gasteiger charge is 2.24. The largest absolute Gasteiger partial charge is 0.491 e. The van der Waals surface area contributed by atoms with E-state index < -0.39 is 23.7 Å². The van der Waals surface area contributed by atoms with Crippen molar-refractivity contribution in [2.75, 3.05) is 20.3 Å². The van der Waals surface area contributed by atoms with Crippen LogP contribution in [-0.2, 0) is 20.7 Å². The van der Waals surface area contributed by atoms with E-state index in [4.69, 9.17) is 14.2 Å². The van der Waals surface area contributed by atoms with Gasteiger partial charge in [-0.15, -0.1) is 0 Å². The minimum Gasteiger partial charge on any atom is -0.491 e. The molecule has 134 valence electrons. The Hall–Kier alpha value is -2.28. The summed E-state index contributed by atoms with van der Waals surface area (Å²) in [5.74, 6) is -0.516. The summed E-state index contributed by atoms with van der Waals surface area (Å²) in [6.45, 7) is 6.00. The van der Waals surface area contributed by atoms with E-state index >= 15 is 0 Å². The Balaban J connectivity index is 2.69. The van der Waals surface area contributed by atoms with Crippen LogP contribution in [0.2, 0.25) is 0 Å². The number of amides is 1. The standard InChI is InChI=1S/C17H25NO6/c1-17(2,3)24-16(21)18-14(15(19)20)11-12-6-5-7-13(10-12)23-9-8-22-4/h5-7,10,14H,8-9,11H2,1-4H3,(H,18,21)(H,19,20). The topological polar surface area (TPSA) is 94.1 Å². The third kappa shape index (κ3) is 7.82. The number of carboxylic acid groups (broad SMARTS) is 1. The van der Waals surface area contributed by atoms with Crippen molar-refractivity contribution >= 4 is 12.1 Å². The monoisotopic (exact) mass is 339 g/mol. The maximum Gasteiger partial charge on any atom is 0.408 e. The first kappa shape index (κ1) is 19.8. The number of hydrogen-bond donors (Lipinski definition) is 2. The van der Waals surface area contributed by atoms with Gasteiger partial charge >= 0.3 is 12.1 Å². The van der Waals surface area contributed by atoms with E-state index in [1.165, 1.54) is 0 Å². The Morgan fingerprint density at radius 1 is 1.25 bits per heavy atom. The van der Waals surface area contributed by atoms with Gasteiger partial charge in [-0.3, -0.25) is 0 Å². The van der Waals surface area contributed by atoms with Gasteiger partial charge in [-0.1, -0.05) is 12.1 Å². The summed E-state index contributed by atoms with van der Waals surface area (Å²) in [5, 5.41) is 11.7. The molecule has 1 unspecified atom stereocenters. The first-order valence-electron chi connectivity index (χ1n) is 7.64. The second-order valence-electron chi connectivity index (χ2n) is 6.23. The third-order valence-corrected chi connectivity index (χ3v) is 2.88. The average Bonchev–Trinajstić information content (AvgIpc) is 2.45. The second-order valence-corrected chi connectivity index (χ2v) is 6.23. The SMILES string of the molecule is COCCOc1cccc(CC(NC(=O)OC(C)(C)C)C(=O)O)c1. The van der Waals surface area contributed by atoms with Gasteiger partial charge in [0.05, 0.1) is 6.61 Å². The molecule has 0 aromatic heterocycles. The van der Waals surface area contributed by atoms with Crippen molar-refractivity contribution < 1.29 is 28.9 Å². The third-order valence-electron chi connectivity index (χ3n) is 2.88. The van der Waals surface area contributed by atoms with E-state index in [0.29, 0.717) is 19.0 Å². The number of carbonyl (C=O) groups is 2. The summed E-state index contributed by atoms with van der Waals surface area (Å²) >= 11 is 0. The number of methoxy groups -OCH3 is 1. The van der Waals surface area contributed by atoms with E-state index in [2.05, 4.69) is 5.32 Å². The number of rotatable bonds is 8. The Kier molecular flexibility index (Phi) is 7.51. The van der Waals surface area contributed by atoms with Gasteiger partial charge in [0.15, 0.2) is 0 Å². The molecule has 1 amide bonds. The molecule has 0 saturated carbocycles. The van der Waals surface area contributed by atoms with Crippen LogP contribution in [0.15, 0.2) is 24.3 Å². The molecule has 0 fully saturated rings. The zero-order chi connectivity index (χ0) is 18.2. The van der Waals surface area contributed by atoms with Crippen LogP contribution in [0.4, 0.5) is 4.79 Å². The van der Waals surface area contributed by atoms with Gasteiger partial charge in [-0.05, 0) is 38.5 Å². The summed E-state index contributed by atoms with van der Waals surface area (Å²) < 4.78 is 15.5. The smallest absolute Gasteiger partial charge is 0.408 e. The molecule has 24 heavy (non-hydrogen) atoms. The minimum atomic E-state index is -1.13. The lowest BCUT2D eigenvalue weighted by Gasteiger charge is -2.22. The molecule has 0 radical (unpaired) electrons. The zero-order valence-electron chi connectivity index (χ0n) is 14.5. The lowest BCUT2D eigenvalue weighted by molar-refractivity contribution is -0.139. The zero-order valence-corrected chi connectivity index (χ0v) is 14.5. The number of hydrogen-bond acceptors (Lipinski definition) is 5. The Morgan fingerprint density at radius 2 is 1.96 bits per heavy atom. The quantitative estimate of drug-likeness (QED) is 0.705. The molecule has 7 heteroatoms. The molecular formula is C17H25NO6. The molecule has 1 aromatic carbocycles. The minimum absolute atomic E-state index is 0.121. The molecule has 0 aliphatic carbocycles. The maximum atomic E-state index is 11.8.